The highest BCUT2D eigenvalue weighted by Gasteiger charge is 2.26. The number of hydrogen-bond acceptors (Lipinski definition) is 6. The van der Waals surface area contributed by atoms with Crippen molar-refractivity contribution in [3.63, 3.8) is 0 Å². The largest absolute Gasteiger partial charge is 0.494 e. The molecule has 1 saturated heterocycles. The highest BCUT2D eigenvalue weighted by atomic mass is 35.5. The summed E-state index contributed by atoms with van der Waals surface area (Å²) < 4.78 is 23.9. The van der Waals surface area contributed by atoms with Gasteiger partial charge in [-0.2, -0.15) is 4.36 Å². The lowest BCUT2D eigenvalue weighted by atomic mass is 10.0. The fraction of sp³-hybridized carbons (Fsp3) is 0.450. The minimum Gasteiger partial charge on any atom is -0.494 e. The molecule has 0 aliphatic carbocycles. The van der Waals surface area contributed by atoms with E-state index in [-0.39, 0.29) is 34.2 Å². The van der Waals surface area contributed by atoms with E-state index in [4.69, 9.17) is 16.3 Å². The lowest BCUT2D eigenvalue weighted by Gasteiger charge is -2.17. The Bertz CT molecular complexity index is 1180. The van der Waals surface area contributed by atoms with Crippen molar-refractivity contribution >= 4 is 38.6 Å². The lowest BCUT2D eigenvalue weighted by Crippen LogP contribution is -2.24. The number of aromatic amines is 1. The van der Waals surface area contributed by atoms with E-state index in [1.54, 1.807) is 6.92 Å². The summed E-state index contributed by atoms with van der Waals surface area (Å²) in [7, 11) is -1.05. The summed E-state index contributed by atoms with van der Waals surface area (Å²) in [6.07, 6.45) is 2.65. The van der Waals surface area contributed by atoms with Crippen LogP contribution in [0, 0.1) is 6.92 Å². The van der Waals surface area contributed by atoms with Crippen LogP contribution in [0.1, 0.15) is 47.8 Å². The van der Waals surface area contributed by atoms with Crippen LogP contribution in [0.2, 0.25) is 5.02 Å². The first kappa shape index (κ1) is 22.3. The number of aryl methyl sites for hydroxylation is 1. The molecule has 3 rings (SSSR count). The summed E-state index contributed by atoms with van der Waals surface area (Å²) in [6.45, 7) is 2.77. The standard InChI is InChI=1S/C20H24ClN3O5S/c1-12(25)11-24-20(27)16(13(2)22-24)19(26)14-7-8-15(29-3)18(17(14)21)23-30(28)9-5-4-6-10-30/h7-8,22H,4-6,9-11H2,1-3H3. The average molecular weight is 454 g/mol. The maximum Gasteiger partial charge on any atom is 0.278 e. The molecule has 30 heavy (non-hydrogen) atoms. The molecule has 0 bridgehead atoms. The van der Waals surface area contributed by atoms with Crippen LogP contribution in [-0.2, 0) is 21.1 Å². The smallest absolute Gasteiger partial charge is 0.278 e. The molecule has 0 unspecified atom stereocenters. The molecular weight excluding hydrogens is 430 g/mol. The third-order valence-electron chi connectivity index (χ3n) is 4.97. The van der Waals surface area contributed by atoms with Crippen LogP contribution in [0.3, 0.4) is 0 Å². The Balaban J connectivity index is 2.12. The molecule has 0 spiro atoms. The van der Waals surface area contributed by atoms with Gasteiger partial charge in [-0.15, -0.1) is 0 Å². The van der Waals surface area contributed by atoms with Crippen LogP contribution in [0.4, 0.5) is 5.69 Å². The molecule has 0 saturated carbocycles. The maximum atomic E-state index is 13.2. The van der Waals surface area contributed by atoms with Gasteiger partial charge < -0.3 is 4.74 Å². The van der Waals surface area contributed by atoms with Gasteiger partial charge in [-0.3, -0.25) is 19.5 Å². The molecule has 8 nitrogen and oxygen atoms in total. The van der Waals surface area contributed by atoms with Crippen molar-refractivity contribution in [3.05, 3.63) is 44.3 Å². The summed E-state index contributed by atoms with van der Waals surface area (Å²) in [5, 5.41) is 2.74. The number of carbonyl (C=O) groups is 2. The van der Waals surface area contributed by atoms with E-state index in [2.05, 4.69) is 9.46 Å². The van der Waals surface area contributed by atoms with Crippen LogP contribution >= 0.6 is 11.6 Å². The van der Waals surface area contributed by atoms with Crippen molar-refractivity contribution in [3.8, 4) is 5.75 Å². The van der Waals surface area contributed by atoms with Gasteiger partial charge in [0.05, 0.1) is 21.9 Å². The van der Waals surface area contributed by atoms with Crippen LogP contribution in [-0.4, -0.2) is 44.2 Å². The number of hydrogen-bond donors (Lipinski definition) is 1. The first-order chi connectivity index (χ1) is 14.2. The predicted molar refractivity (Wildman–Crippen MR) is 116 cm³/mol. The van der Waals surface area contributed by atoms with E-state index in [0.29, 0.717) is 22.9 Å². The molecule has 1 fully saturated rings. The normalized spacial score (nSPS) is 15.6. The number of aromatic nitrogens is 2. The average Bonchev–Trinajstić information content (AvgIpc) is 2.96. The molecule has 1 aliphatic heterocycles. The molecule has 162 valence electrons. The number of nitrogens with one attached hydrogen (secondary N) is 1. The summed E-state index contributed by atoms with van der Waals surface area (Å²) >= 11 is 6.52. The Labute approximate surface area is 179 Å². The SMILES string of the molecule is COc1ccc(C(=O)c2c(C)[nH]n(CC(C)=O)c2=O)c(Cl)c1N=S1(=O)CCCCC1. The zero-order chi connectivity index (χ0) is 22.1. The second kappa shape index (κ2) is 8.77. The molecule has 2 heterocycles. The van der Waals surface area contributed by atoms with E-state index in [9.17, 15) is 18.6 Å². The number of rotatable bonds is 6. The number of halogens is 1. The van der Waals surface area contributed by atoms with Crippen molar-refractivity contribution in [2.45, 2.75) is 39.7 Å². The number of H-pyrrole nitrogens is 1. The molecule has 0 radical (unpaired) electrons. The Kier molecular flexibility index (Phi) is 6.52. The highest BCUT2D eigenvalue weighted by Crippen LogP contribution is 2.40. The third-order valence-corrected chi connectivity index (χ3v) is 7.72. The summed E-state index contributed by atoms with van der Waals surface area (Å²) in [4.78, 5) is 37.2. The minimum absolute atomic E-state index is 0.00855. The fourth-order valence-corrected chi connectivity index (χ4v) is 6.05. The van der Waals surface area contributed by atoms with Crippen LogP contribution in [0.5, 0.6) is 5.75 Å². The van der Waals surface area contributed by atoms with Gasteiger partial charge in [0.25, 0.3) is 5.56 Å². The fourth-order valence-electron chi connectivity index (χ4n) is 3.50. The third kappa shape index (κ3) is 4.37. The number of ether oxygens (including phenoxy) is 1. The number of ketones is 2. The zero-order valence-electron chi connectivity index (χ0n) is 17.1. The van der Waals surface area contributed by atoms with Crippen molar-refractivity contribution in [1.82, 2.24) is 9.78 Å². The van der Waals surface area contributed by atoms with E-state index >= 15 is 0 Å². The quantitative estimate of drug-likeness (QED) is 0.675. The number of carbonyl (C=O) groups excluding carboxylic acids is 2. The monoisotopic (exact) mass is 453 g/mol. The molecule has 1 aliphatic rings. The number of nitrogens with zero attached hydrogens (tertiary/aromatic N) is 2. The topological polar surface area (TPSA) is 111 Å². The van der Waals surface area contributed by atoms with Crippen molar-refractivity contribution < 1.29 is 18.5 Å². The lowest BCUT2D eigenvalue weighted by molar-refractivity contribution is -0.117. The van der Waals surface area contributed by atoms with Gasteiger partial charge in [0, 0.05) is 22.8 Å². The Morgan fingerprint density at radius 2 is 1.93 bits per heavy atom. The molecule has 2 aromatic rings. The molecule has 1 N–H and O–H groups in total. The van der Waals surface area contributed by atoms with Gasteiger partial charge in [0.15, 0.2) is 5.78 Å². The van der Waals surface area contributed by atoms with Crippen molar-refractivity contribution in [1.29, 1.82) is 0 Å². The van der Waals surface area contributed by atoms with E-state index in [1.807, 2.05) is 0 Å². The van der Waals surface area contributed by atoms with Crippen molar-refractivity contribution in [2.24, 2.45) is 4.36 Å². The Hall–Kier alpha value is -2.39. The van der Waals surface area contributed by atoms with Gasteiger partial charge in [-0.1, -0.05) is 18.0 Å². The zero-order valence-corrected chi connectivity index (χ0v) is 18.7. The van der Waals surface area contributed by atoms with E-state index in [1.165, 1.54) is 26.2 Å². The summed E-state index contributed by atoms with van der Waals surface area (Å²) in [5.74, 6) is 0.426. The second-order valence-electron chi connectivity index (χ2n) is 7.34. The van der Waals surface area contributed by atoms with E-state index in [0.717, 1.165) is 23.9 Å². The summed E-state index contributed by atoms with van der Waals surface area (Å²) in [5.41, 5.74) is -0.152. The molecule has 10 heteroatoms. The summed E-state index contributed by atoms with van der Waals surface area (Å²) in [6, 6.07) is 2.98. The first-order valence-corrected chi connectivity index (χ1v) is 11.8. The molecule has 1 aromatic carbocycles. The van der Waals surface area contributed by atoms with E-state index < -0.39 is 21.1 Å². The molecule has 0 atom stereocenters. The van der Waals surface area contributed by atoms with Gasteiger partial charge in [0.1, 0.15) is 23.5 Å². The van der Waals surface area contributed by atoms with Gasteiger partial charge >= 0.3 is 0 Å². The van der Waals surface area contributed by atoms with Crippen LogP contribution in [0.25, 0.3) is 0 Å². The van der Waals surface area contributed by atoms with Gasteiger partial charge in [-0.25, -0.2) is 8.89 Å². The maximum absolute atomic E-state index is 13.2. The number of benzene rings is 1. The molecule has 0 amide bonds. The second-order valence-corrected chi connectivity index (χ2v) is 10.3. The van der Waals surface area contributed by atoms with Gasteiger partial charge in [-0.05, 0) is 38.8 Å². The number of methoxy groups -OCH3 is 1. The Morgan fingerprint density at radius 3 is 2.53 bits per heavy atom. The molecule has 1 aromatic heterocycles. The Morgan fingerprint density at radius 1 is 1.27 bits per heavy atom. The van der Waals surface area contributed by atoms with Crippen LogP contribution in [0.15, 0.2) is 21.3 Å². The molecular formula is C20H24ClN3O5S. The van der Waals surface area contributed by atoms with Gasteiger partial charge in [0.2, 0.25) is 5.78 Å². The predicted octanol–water partition coefficient (Wildman–Crippen LogP) is 3.25. The van der Waals surface area contributed by atoms with Crippen molar-refractivity contribution in [2.75, 3.05) is 18.6 Å². The first-order valence-electron chi connectivity index (χ1n) is 9.59. The van der Waals surface area contributed by atoms with Crippen LogP contribution < -0.4 is 10.3 Å². The minimum atomic E-state index is -2.49. The highest BCUT2D eigenvalue weighted by molar-refractivity contribution is 7.93. The number of Topliss-reactive ketones (excluding diaryl/α,β-unsaturated/α-hetero) is 1.